The van der Waals surface area contributed by atoms with Crippen LogP contribution in [0.3, 0.4) is 0 Å². The largest absolute Gasteiger partial charge is 0.503 e. The normalized spacial score (nSPS) is 17.3. The van der Waals surface area contributed by atoms with Gasteiger partial charge in [0, 0.05) is 29.8 Å². The van der Waals surface area contributed by atoms with Crippen LogP contribution >= 0.6 is 0 Å². The summed E-state index contributed by atoms with van der Waals surface area (Å²) in [5, 5.41) is 22.4. The Kier molecular flexibility index (Phi) is 8.29. The first-order valence-corrected chi connectivity index (χ1v) is 12.1. The van der Waals surface area contributed by atoms with E-state index in [1.54, 1.807) is 0 Å². The molecular formula is C28H24F4N2O5. The zero-order valence-electron chi connectivity index (χ0n) is 20.5. The highest BCUT2D eigenvalue weighted by Crippen LogP contribution is 2.20. The molecule has 1 heterocycles. The fraction of sp³-hybridized carbons (Fsp3) is 0.250. The summed E-state index contributed by atoms with van der Waals surface area (Å²) in [6, 6.07) is 6.72. The minimum absolute atomic E-state index is 0.0464. The predicted octanol–water partition coefficient (Wildman–Crippen LogP) is 3.70. The van der Waals surface area contributed by atoms with Gasteiger partial charge in [0.1, 0.15) is 23.3 Å². The van der Waals surface area contributed by atoms with Gasteiger partial charge in [0.05, 0.1) is 24.3 Å². The highest BCUT2D eigenvalue weighted by Gasteiger charge is 2.28. The van der Waals surface area contributed by atoms with Crippen molar-refractivity contribution >= 4 is 11.7 Å². The molecule has 0 saturated heterocycles. The van der Waals surface area contributed by atoms with Crippen LogP contribution in [0.1, 0.15) is 46.3 Å². The Morgan fingerprint density at radius 1 is 0.974 bits per heavy atom. The molecule has 1 aliphatic rings. The van der Waals surface area contributed by atoms with Crippen LogP contribution in [0.25, 0.3) is 0 Å². The van der Waals surface area contributed by atoms with Gasteiger partial charge in [-0.2, -0.15) is 0 Å². The second-order valence-electron chi connectivity index (χ2n) is 9.24. The van der Waals surface area contributed by atoms with Gasteiger partial charge in [-0.1, -0.05) is 12.1 Å². The van der Waals surface area contributed by atoms with Crippen LogP contribution in [0.4, 0.5) is 17.6 Å². The number of carbonyl (C=O) groups is 2. The summed E-state index contributed by atoms with van der Waals surface area (Å²) in [6.07, 6.45) is 1.98. The number of allylic oxidation sites excluding steroid dienone is 1. The van der Waals surface area contributed by atoms with E-state index in [4.69, 9.17) is 0 Å². The van der Waals surface area contributed by atoms with Crippen LogP contribution in [-0.2, 0) is 17.8 Å². The number of pyridine rings is 1. The molecule has 0 radical (unpaired) electrons. The van der Waals surface area contributed by atoms with Crippen molar-refractivity contribution < 1.29 is 37.4 Å². The number of hydrogen-bond acceptors (Lipinski definition) is 5. The van der Waals surface area contributed by atoms with Gasteiger partial charge in [-0.25, -0.2) is 17.6 Å². The summed E-state index contributed by atoms with van der Waals surface area (Å²) in [5.74, 6) is -6.89. The minimum atomic E-state index is -1.13. The molecule has 1 fully saturated rings. The monoisotopic (exact) mass is 544 g/mol. The number of carbonyl (C=O) groups excluding carboxylic acids is 2. The average Bonchev–Trinajstić information content (AvgIpc) is 3.29. The molecule has 39 heavy (non-hydrogen) atoms. The van der Waals surface area contributed by atoms with Crippen molar-refractivity contribution in [1.29, 1.82) is 0 Å². The second-order valence-corrected chi connectivity index (χ2v) is 9.24. The Morgan fingerprint density at radius 2 is 1.56 bits per heavy atom. The van der Waals surface area contributed by atoms with E-state index in [1.807, 2.05) is 0 Å². The van der Waals surface area contributed by atoms with Crippen LogP contribution in [0, 0.1) is 23.3 Å². The van der Waals surface area contributed by atoms with Gasteiger partial charge in [0.15, 0.2) is 11.5 Å². The van der Waals surface area contributed by atoms with Gasteiger partial charge in [-0.3, -0.25) is 14.4 Å². The van der Waals surface area contributed by atoms with Crippen LogP contribution < -0.4 is 10.9 Å². The van der Waals surface area contributed by atoms with Crippen molar-refractivity contribution in [3.63, 3.8) is 0 Å². The van der Waals surface area contributed by atoms with Crippen LogP contribution in [-0.4, -0.2) is 38.6 Å². The van der Waals surface area contributed by atoms with Crippen molar-refractivity contribution in [2.24, 2.45) is 0 Å². The fourth-order valence-corrected chi connectivity index (χ4v) is 4.47. The molecule has 7 nitrogen and oxygen atoms in total. The topological polar surface area (TPSA) is 109 Å². The van der Waals surface area contributed by atoms with Crippen LogP contribution in [0.2, 0.25) is 0 Å². The molecule has 1 saturated carbocycles. The molecule has 4 rings (SSSR count). The number of aliphatic hydroxyl groups is 2. The third-order valence-electron chi connectivity index (χ3n) is 6.54. The Balaban J connectivity index is 1.72. The van der Waals surface area contributed by atoms with Gasteiger partial charge in [0.2, 0.25) is 0 Å². The highest BCUT2D eigenvalue weighted by molar-refractivity contribution is 6.08. The summed E-state index contributed by atoms with van der Waals surface area (Å²) in [6.45, 7) is -0.652. The van der Waals surface area contributed by atoms with E-state index in [0.717, 1.165) is 53.2 Å². The summed E-state index contributed by atoms with van der Waals surface area (Å²) < 4.78 is 58.0. The maximum atomic E-state index is 14.3. The van der Waals surface area contributed by atoms with E-state index in [9.17, 15) is 42.2 Å². The molecule has 11 heteroatoms. The van der Waals surface area contributed by atoms with Crippen LogP contribution in [0.15, 0.2) is 65.3 Å². The van der Waals surface area contributed by atoms with Crippen molar-refractivity contribution in [3.05, 3.63) is 116 Å². The summed E-state index contributed by atoms with van der Waals surface area (Å²) >= 11 is 0. The molecule has 2 aromatic carbocycles. The zero-order chi connectivity index (χ0) is 28.3. The molecule has 1 aromatic heterocycles. The van der Waals surface area contributed by atoms with Crippen LogP contribution in [0.5, 0.6) is 0 Å². The number of halogens is 4. The van der Waals surface area contributed by atoms with Crippen molar-refractivity contribution in [1.82, 2.24) is 9.88 Å². The molecule has 1 amide bonds. The Hall–Kier alpha value is -4.25. The molecule has 0 bridgehead atoms. The Bertz CT molecular complexity index is 1480. The number of rotatable bonds is 8. The smallest absolute Gasteiger partial charge is 0.286 e. The Morgan fingerprint density at radius 3 is 2.13 bits per heavy atom. The maximum absolute atomic E-state index is 14.3. The molecule has 3 aromatic rings. The number of ketones is 1. The summed E-state index contributed by atoms with van der Waals surface area (Å²) in [4.78, 5) is 38.5. The molecule has 0 aliphatic heterocycles. The molecule has 0 spiro atoms. The average molecular weight is 545 g/mol. The quantitative estimate of drug-likeness (QED) is 0.174. The number of nitrogens with one attached hydrogen (secondary N) is 1. The number of aromatic nitrogens is 1. The molecule has 0 unspecified atom stereocenters. The first kappa shape index (κ1) is 27.8. The molecule has 204 valence electrons. The third kappa shape index (κ3) is 6.26. The molecule has 2 atom stereocenters. The fourth-order valence-electron chi connectivity index (χ4n) is 4.47. The summed E-state index contributed by atoms with van der Waals surface area (Å²) in [5.41, 5.74) is -2.44. The lowest BCUT2D eigenvalue weighted by Crippen LogP contribution is -2.40. The van der Waals surface area contributed by atoms with Crippen molar-refractivity contribution in [2.75, 3.05) is 0 Å². The zero-order valence-corrected chi connectivity index (χ0v) is 20.5. The molecular weight excluding hydrogens is 520 g/mol. The first-order valence-electron chi connectivity index (χ1n) is 12.1. The lowest BCUT2D eigenvalue weighted by molar-refractivity contribution is -0.121. The standard InChI is InChI=1S/C28H24F4N2O5/c29-19-4-1-5-20(30)16(19)10-15-11-17(25(36)12-26(37)27(38)33-23-8-3-9-24(23)35)28(39)34(13-15)14-18-21(31)6-2-7-22(18)32/h1-2,4-7,11-13,23-24,35,37H,3,8-10,14H2,(H,33,38)/t23-,24-/m1/s1. The second kappa shape index (κ2) is 11.6. The van der Waals surface area contributed by atoms with E-state index in [1.165, 1.54) is 0 Å². The highest BCUT2D eigenvalue weighted by atomic mass is 19.1. The van der Waals surface area contributed by atoms with Gasteiger partial charge < -0.3 is 20.1 Å². The minimum Gasteiger partial charge on any atom is -0.503 e. The number of nitrogens with zero attached hydrogens (tertiary/aromatic N) is 1. The SMILES string of the molecule is O=C(N[C@@H]1CCC[C@H]1O)C(O)=CC(=O)c1cc(Cc2c(F)cccc2F)cn(Cc2c(F)cccc2F)c1=O. The Labute approximate surface area is 220 Å². The maximum Gasteiger partial charge on any atom is 0.286 e. The van der Waals surface area contributed by atoms with Gasteiger partial charge in [0.25, 0.3) is 11.5 Å². The predicted molar refractivity (Wildman–Crippen MR) is 132 cm³/mol. The summed E-state index contributed by atoms with van der Waals surface area (Å²) in [7, 11) is 0. The van der Waals surface area contributed by atoms with E-state index >= 15 is 0 Å². The first-order chi connectivity index (χ1) is 18.5. The number of benzene rings is 2. The van der Waals surface area contributed by atoms with Crippen molar-refractivity contribution in [3.8, 4) is 0 Å². The van der Waals surface area contributed by atoms with Gasteiger partial charge in [-0.05, 0) is 55.2 Å². The number of hydrogen-bond donors (Lipinski definition) is 3. The van der Waals surface area contributed by atoms with Crippen molar-refractivity contribution in [2.45, 2.75) is 44.4 Å². The molecule has 3 N–H and O–H groups in total. The third-order valence-corrected chi connectivity index (χ3v) is 6.54. The lowest BCUT2D eigenvalue weighted by atomic mass is 10.0. The van der Waals surface area contributed by atoms with E-state index in [2.05, 4.69) is 5.32 Å². The number of aliphatic hydroxyl groups excluding tert-OH is 2. The van der Waals surface area contributed by atoms with E-state index < -0.39 is 82.5 Å². The van der Waals surface area contributed by atoms with E-state index in [0.29, 0.717) is 25.3 Å². The lowest BCUT2D eigenvalue weighted by Gasteiger charge is -2.16. The molecule has 1 aliphatic carbocycles. The number of amides is 1. The van der Waals surface area contributed by atoms with Gasteiger partial charge >= 0.3 is 0 Å². The van der Waals surface area contributed by atoms with Gasteiger partial charge in [-0.15, -0.1) is 0 Å². The van der Waals surface area contributed by atoms with E-state index in [-0.39, 0.29) is 11.1 Å².